The van der Waals surface area contributed by atoms with Gasteiger partial charge >= 0.3 is 5.97 Å². The molecule has 0 aliphatic carbocycles. The first-order valence-electron chi connectivity index (χ1n) is 6.96. The highest BCUT2D eigenvalue weighted by Crippen LogP contribution is 2.37. The average Bonchev–Trinajstić information content (AvgIpc) is 2.90. The zero-order chi connectivity index (χ0) is 20.2. The third-order valence-corrected chi connectivity index (χ3v) is 5.81. The summed E-state index contributed by atoms with van der Waals surface area (Å²) in [7, 11) is -3.70. The molecule has 1 heterocycles. The lowest BCUT2D eigenvalue weighted by Gasteiger charge is -2.14. The molecule has 0 saturated heterocycles. The Kier molecular flexibility index (Phi) is 6.51. The zero-order valence-electron chi connectivity index (χ0n) is 13.5. The summed E-state index contributed by atoms with van der Waals surface area (Å²) >= 11 is 0.700. The van der Waals surface area contributed by atoms with Crippen LogP contribution in [0.1, 0.15) is 13.0 Å². The van der Waals surface area contributed by atoms with Gasteiger partial charge in [0, 0.05) is 21.6 Å². The fourth-order valence-corrected chi connectivity index (χ4v) is 3.96. The Morgan fingerprint density at radius 1 is 1.33 bits per heavy atom. The molecule has 0 aliphatic heterocycles. The molecule has 0 saturated carbocycles. The molecule has 0 aliphatic rings. The van der Waals surface area contributed by atoms with Gasteiger partial charge in [-0.2, -0.15) is 8.42 Å². The van der Waals surface area contributed by atoms with Gasteiger partial charge in [-0.05, 0) is 35.4 Å². The van der Waals surface area contributed by atoms with E-state index in [0.717, 1.165) is 10.8 Å². The van der Waals surface area contributed by atoms with Crippen LogP contribution in [0, 0.1) is 0 Å². The molecule has 2 rings (SSSR count). The third kappa shape index (κ3) is 5.02. The van der Waals surface area contributed by atoms with E-state index in [9.17, 15) is 23.4 Å². The summed E-state index contributed by atoms with van der Waals surface area (Å²) < 4.78 is 36.8. The normalized spacial score (nSPS) is 12.2. The Morgan fingerprint density at radius 3 is 2.48 bits per heavy atom. The second-order valence-corrected chi connectivity index (χ2v) is 8.19. The molecule has 1 aromatic carbocycles. The van der Waals surface area contributed by atoms with Gasteiger partial charge in [0.1, 0.15) is 17.1 Å². The quantitative estimate of drug-likeness (QED) is 0.147. The monoisotopic (exact) mass is 432 g/mol. The summed E-state index contributed by atoms with van der Waals surface area (Å²) in [6.07, 6.45) is 0. The Labute approximate surface area is 160 Å². The second-order valence-electron chi connectivity index (χ2n) is 4.95. The first-order chi connectivity index (χ1) is 12.6. The molecule has 27 heavy (non-hydrogen) atoms. The van der Waals surface area contributed by atoms with Crippen molar-refractivity contribution < 1.29 is 32.2 Å². The summed E-state index contributed by atoms with van der Waals surface area (Å²) in [6.45, 7) is 1.26. The van der Waals surface area contributed by atoms with Crippen LogP contribution in [0.3, 0.4) is 0 Å². The van der Waals surface area contributed by atoms with Gasteiger partial charge in [-0.25, -0.2) is 4.79 Å². The van der Waals surface area contributed by atoms with Crippen LogP contribution in [0.4, 0.5) is 5.69 Å². The molecular weight excluding hydrogens is 420 g/mol. The number of rotatable bonds is 7. The number of hydrogen-bond donors (Lipinski definition) is 3. The summed E-state index contributed by atoms with van der Waals surface area (Å²) in [4.78, 5) is 14.5. The van der Waals surface area contributed by atoms with E-state index in [1.54, 1.807) is 24.3 Å². The summed E-state index contributed by atoms with van der Waals surface area (Å²) in [5.74, 6) is -2.62. The molecule has 1 atom stereocenters. The maximum atomic E-state index is 12.1. The number of hydrogen-bond acceptors (Lipinski definition) is 9. The van der Waals surface area contributed by atoms with E-state index in [0.29, 0.717) is 32.3 Å². The van der Waals surface area contributed by atoms with Gasteiger partial charge in [-0.3, -0.25) is 9.12 Å². The van der Waals surface area contributed by atoms with Crippen LogP contribution in [0.15, 0.2) is 45.2 Å². The van der Waals surface area contributed by atoms with Gasteiger partial charge < -0.3 is 14.4 Å². The molecule has 14 heteroatoms. The van der Waals surface area contributed by atoms with Gasteiger partial charge in [-0.15, -0.1) is 0 Å². The van der Waals surface area contributed by atoms with Crippen molar-refractivity contribution in [1.82, 2.24) is 4.57 Å². The van der Waals surface area contributed by atoms with Crippen molar-refractivity contribution >= 4 is 43.6 Å². The standard InChI is InChI=1S/C13H12N4O7S3/c1-7(17-11(18)6-10(12(17)19)27(21,22)23)13(20)24-26-25-9-4-2-8(3-5-9)15-16-14/h2-7,18-19H,1H3,(H,21,22,23). The zero-order valence-corrected chi connectivity index (χ0v) is 15.9. The molecule has 1 unspecified atom stereocenters. The number of carbonyl (C=O) groups excluding carboxylic acids is 1. The number of benzene rings is 1. The van der Waals surface area contributed by atoms with E-state index in [1.807, 2.05) is 0 Å². The van der Waals surface area contributed by atoms with Gasteiger partial charge in [0.25, 0.3) is 10.1 Å². The lowest BCUT2D eigenvalue weighted by molar-refractivity contribution is -0.136. The number of azide groups is 1. The van der Waals surface area contributed by atoms with E-state index in [1.165, 1.54) is 6.92 Å². The molecule has 11 nitrogen and oxygen atoms in total. The number of nitrogens with zero attached hydrogens (tertiary/aromatic N) is 4. The third-order valence-electron chi connectivity index (χ3n) is 3.21. The van der Waals surface area contributed by atoms with Gasteiger partial charge in [0.05, 0.1) is 0 Å². The minimum Gasteiger partial charge on any atom is -0.494 e. The van der Waals surface area contributed by atoms with E-state index in [-0.39, 0.29) is 0 Å². The molecular formula is C13H12N4O7S3. The predicted molar refractivity (Wildman–Crippen MR) is 97.1 cm³/mol. The summed E-state index contributed by atoms with van der Waals surface area (Å²) in [5.41, 5.74) is 8.75. The van der Waals surface area contributed by atoms with Crippen molar-refractivity contribution in [3.63, 3.8) is 0 Å². The minimum absolute atomic E-state index is 0.422. The summed E-state index contributed by atoms with van der Waals surface area (Å²) in [6, 6.07) is 5.75. The number of carbonyl (C=O) groups is 1. The Morgan fingerprint density at radius 2 is 1.96 bits per heavy atom. The molecule has 2 aromatic rings. The SMILES string of the molecule is CC(C(=O)OSSc1ccc(N=[N+]=[N-])cc1)n1c(O)cc(S(=O)(=O)O)c1O. The van der Waals surface area contributed by atoms with Crippen LogP contribution in [0.25, 0.3) is 10.4 Å². The highest BCUT2D eigenvalue weighted by Gasteiger charge is 2.29. The van der Waals surface area contributed by atoms with E-state index >= 15 is 0 Å². The van der Waals surface area contributed by atoms with E-state index in [2.05, 4.69) is 10.0 Å². The molecule has 0 amide bonds. The Balaban J connectivity index is 2.02. The van der Waals surface area contributed by atoms with Gasteiger partial charge in [0.15, 0.2) is 10.8 Å². The van der Waals surface area contributed by atoms with Crippen LogP contribution in [-0.4, -0.2) is 33.7 Å². The van der Waals surface area contributed by atoms with Crippen LogP contribution in [-0.2, 0) is 19.1 Å². The first kappa shape index (κ1) is 20.8. The van der Waals surface area contributed by atoms with Crippen LogP contribution in [0.2, 0.25) is 0 Å². The van der Waals surface area contributed by atoms with Gasteiger partial charge in [0.2, 0.25) is 5.88 Å². The first-order valence-corrected chi connectivity index (χ1v) is 10.5. The highest BCUT2D eigenvalue weighted by molar-refractivity contribution is 8.75. The van der Waals surface area contributed by atoms with Crippen molar-refractivity contribution in [1.29, 1.82) is 0 Å². The molecule has 0 fully saturated rings. The Hall–Kier alpha value is -2.51. The van der Waals surface area contributed by atoms with Crippen LogP contribution >= 0.6 is 21.9 Å². The molecule has 3 N–H and O–H groups in total. The topological polar surface area (TPSA) is 175 Å². The van der Waals surface area contributed by atoms with Crippen molar-refractivity contribution in [2.24, 2.45) is 5.11 Å². The van der Waals surface area contributed by atoms with Crippen molar-refractivity contribution in [2.45, 2.75) is 22.8 Å². The Bertz CT molecular complexity index is 998. The summed E-state index contributed by atoms with van der Waals surface area (Å²) in [5, 5.41) is 23.0. The molecule has 1 aromatic heterocycles. The number of aromatic hydroxyl groups is 2. The fraction of sp³-hybridized carbons (Fsp3) is 0.154. The fourth-order valence-electron chi connectivity index (χ4n) is 1.94. The molecule has 0 radical (unpaired) electrons. The molecule has 144 valence electrons. The van der Waals surface area contributed by atoms with E-state index < -0.39 is 38.8 Å². The second kappa shape index (κ2) is 8.45. The minimum atomic E-state index is -4.78. The molecule has 0 bridgehead atoms. The van der Waals surface area contributed by atoms with Crippen LogP contribution in [0.5, 0.6) is 11.8 Å². The smallest absolute Gasteiger partial charge is 0.341 e. The van der Waals surface area contributed by atoms with Crippen molar-refractivity contribution in [3.05, 3.63) is 40.8 Å². The average molecular weight is 432 g/mol. The lowest BCUT2D eigenvalue weighted by Crippen LogP contribution is -2.16. The van der Waals surface area contributed by atoms with Crippen molar-refractivity contribution in [2.75, 3.05) is 0 Å². The van der Waals surface area contributed by atoms with E-state index in [4.69, 9.17) is 14.3 Å². The largest absolute Gasteiger partial charge is 0.494 e. The maximum Gasteiger partial charge on any atom is 0.341 e. The lowest BCUT2D eigenvalue weighted by atomic mass is 10.3. The van der Waals surface area contributed by atoms with Gasteiger partial charge in [-0.1, -0.05) is 17.2 Å². The predicted octanol–water partition coefficient (Wildman–Crippen LogP) is 3.55. The maximum absolute atomic E-state index is 12.1. The van der Waals surface area contributed by atoms with Crippen LogP contribution < -0.4 is 0 Å². The number of aromatic nitrogens is 1. The van der Waals surface area contributed by atoms with Crippen molar-refractivity contribution in [3.8, 4) is 11.8 Å². The molecule has 0 spiro atoms. The highest BCUT2D eigenvalue weighted by atomic mass is 33.1.